The van der Waals surface area contributed by atoms with E-state index in [-0.39, 0.29) is 6.04 Å². The lowest BCUT2D eigenvalue weighted by Gasteiger charge is -2.18. The smallest absolute Gasteiger partial charge is 0.137 e. The second kappa shape index (κ2) is 5.71. The van der Waals surface area contributed by atoms with Crippen molar-refractivity contribution in [3.63, 3.8) is 0 Å². The maximum atomic E-state index is 6.11. The lowest BCUT2D eigenvalue weighted by molar-refractivity contribution is 0.414. The maximum absolute atomic E-state index is 6.11. The minimum absolute atomic E-state index is 0.180. The van der Waals surface area contributed by atoms with Crippen molar-refractivity contribution >= 4 is 11.6 Å². The van der Waals surface area contributed by atoms with Gasteiger partial charge >= 0.3 is 0 Å². The van der Waals surface area contributed by atoms with Gasteiger partial charge in [-0.2, -0.15) is 0 Å². The van der Waals surface area contributed by atoms with Crippen molar-refractivity contribution in [3.05, 3.63) is 28.8 Å². The Kier molecular flexibility index (Phi) is 4.26. The molecule has 0 bridgehead atoms. The fourth-order valence-corrected chi connectivity index (χ4v) is 2.13. The van der Waals surface area contributed by atoms with Gasteiger partial charge in [0, 0.05) is 12.6 Å². The van der Waals surface area contributed by atoms with Gasteiger partial charge in [-0.3, -0.25) is 0 Å². The van der Waals surface area contributed by atoms with E-state index in [1.54, 1.807) is 7.11 Å². The predicted octanol–water partition coefficient (Wildman–Crippen LogP) is 2.35. The van der Waals surface area contributed by atoms with Gasteiger partial charge in [0.2, 0.25) is 0 Å². The Morgan fingerprint density at radius 2 is 2.29 bits per heavy atom. The first-order valence-electron chi connectivity index (χ1n) is 6.01. The second-order valence-electron chi connectivity index (χ2n) is 4.53. The van der Waals surface area contributed by atoms with Crippen molar-refractivity contribution in [2.45, 2.75) is 18.9 Å². The van der Waals surface area contributed by atoms with Gasteiger partial charge in [0.05, 0.1) is 12.1 Å². The van der Waals surface area contributed by atoms with Crippen LogP contribution in [0, 0.1) is 5.92 Å². The third-order valence-electron chi connectivity index (χ3n) is 3.16. The van der Waals surface area contributed by atoms with Crippen LogP contribution in [0.2, 0.25) is 5.02 Å². The average molecular weight is 255 g/mol. The molecule has 1 unspecified atom stereocenters. The highest BCUT2D eigenvalue weighted by molar-refractivity contribution is 6.32. The molecule has 0 radical (unpaired) electrons. The molecule has 1 aromatic carbocycles. The number of rotatable bonds is 6. The van der Waals surface area contributed by atoms with E-state index in [0.717, 1.165) is 18.0 Å². The van der Waals surface area contributed by atoms with Crippen molar-refractivity contribution in [2.75, 3.05) is 20.2 Å². The summed E-state index contributed by atoms with van der Waals surface area (Å²) in [6.07, 6.45) is 2.68. The molecule has 3 nitrogen and oxygen atoms in total. The summed E-state index contributed by atoms with van der Waals surface area (Å²) in [5.41, 5.74) is 6.92. The van der Waals surface area contributed by atoms with Gasteiger partial charge in [0.15, 0.2) is 0 Å². The highest BCUT2D eigenvalue weighted by Crippen LogP contribution is 2.30. The van der Waals surface area contributed by atoms with E-state index in [9.17, 15) is 0 Å². The molecule has 1 aliphatic carbocycles. The summed E-state index contributed by atoms with van der Waals surface area (Å²) in [5.74, 6) is 1.55. The molecular formula is C13H19ClN2O. The first-order valence-corrected chi connectivity index (χ1v) is 6.39. The molecule has 1 fully saturated rings. The monoisotopic (exact) mass is 254 g/mol. The standard InChI is InChI=1S/C13H19ClN2O/c1-17-13-5-4-10(6-11(13)14)12(7-15)16-8-9-2-3-9/h4-6,9,12,16H,2-3,7-8,15H2,1H3. The number of nitrogens with two attached hydrogens (primary N) is 1. The van der Waals surface area contributed by atoms with Crippen molar-refractivity contribution < 1.29 is 4.74 Å². The molecule has 1 saturated carbocycles. The van der Waals surface area contributed by atoms with Gasteiger partial charge in [-0.1, -0.05) is 17.7 Å². The molecule has 2 rings (SSSR count). The first-order chi connectivity index (χ1) is 8.24. The van der Waals surface area contributed by atoms with E-state index >= 15 is 0 Å². The molecule has 94 valence electrons. The van der Waals surface area contributed by atoms with E-state index in [1.165, 1.54) is 12.8 Å². The van der Waals surface area contributed by atoms with E-state index in [4.69, 9.17) is 22.1 Å². The summed E-state index contributed by atoms with van der Waals surface area (Å²) in [7, 11) is 1.62. The van der Waals surface area contributed by atoms with Gasteiger partial charge in [0.1, 0.15) is 5.75 Å². The minimum atomic E-state index is 0.180. The van der Waals surface area contributed by atoms with Crippen LogP contribution in [-0.4, -0.2) is 20.2 Å². The number of hydrogen-bond acceptors (Lipinski definition) is 3. The highest BCUT2D eigenvalue weighted by atomic mass is 35.5. The molecule has 0 spiro atoms. The molecule has 0 heterocycles. The number of nitrogens with one attached hydrogen (secondary N) is 1. The number of benzene rings is 1. The van der Waals surface area contributed by atoms with Crippen molar-refractivity contribution in [1.29, 1.82) is 0 Å². The van der Waals surface area contributed by atoms with Gasteiger partial charge in [-0.05, 0) is 43.0 Å². The average Bonchev–Trinajstić information content (AvgIpc) is 3.14. The van der Waals surface area contributed by atoms with E-state index in [2.05, 4.69) is 5.32 Å². The molecule has 3 N–H and O–H groups in total. The Morgan fingerprint density at radius 1 is 1.53 bits per heavy atom. The third kappa shape index (κ3) is 3.35. The van der Waals surface area contributed by atoms with Crippen molar-refractivity contribution in [1.82, 2.24) is 5.32 Å². The van der Waals surface area contributed by atoms with Crippen molar-refractivity contribution in [2.24, 2.45) is 11.7 Å². The molecule has 0 amide bonds. The lowest BCUT2D eigenvalue weighted by atomic mass is 10.1. The van der Waals surface area contributed by atoms with E-state index < -0.39 is 0 Å². The lowest BCUT2D eigenvalue weighted by Crippen LogP contribution is -2.29. The second-order valence-corrected chi connectivity index (χ2v) is 4.94. The molecule has 0 aliphatic heterocycles. The van der Waals surface area contributed by atoms with Crippen LogP contribution in [0.25, 0.3) is 0 Å². The topological polar surface area (TPSA) is 47.3 Å². The summed E-state index contributed by atoms with van der Waals surface area (Å²) in [4.78, 5) is 0. The molecule has 0 saturated heterocycles. The molecule has 1 atom stereocenters. The SMILES string of the molecule is COc1ccc(C(CN)NCC2CC2)cc1Cl. The van der Waals surface area contributed by atoms with E-state index in [0.29, 0.717) is 17.3 Å². The van der Waals surface area contributed by atoms with Gasteiger partial charge in [0.25, 0.3) is 0 Å². The molecule has 0 aromatic heterocycles. The Balaban J connectivity index is 2.03. The van der Waals surface area contributed by atoms with Crippen LogP contribution in [-0.2, 0) is 0 Å². The Morgan fingerprint density at radius 3 is 2.82 bits per heavy atom. The normalized spacial score (nSPS) is 16.9. The fraction of sp³-hybridized carbons (Fsp3) is 0.538. The summed E-state index contributed by atoms with van der Waals surface area (Å²) < 4.78 is 5.14. The molecule has 1 aromatic rings. The highest BCUT2D eigenvalue weighted by Gasteiger charge is 2.22. The van der Waals surface area contributed by atoms with Crippen LogP contribution < -0.4 is 15.8 Å². The number of methoxy groups -OCH3 is 1. The summed E-state index contributed by atoms with van der Waals surface area (Å²) >= 11 is 6.11. The van der Waals surface area contributed by atoms with Crippen LogP contribution in [0.15, 0.2) is 18.2 Å². The van der Waals surface area contributed by atoms with Crippen LogP contribution in [0.1, 0.15) is 24.4 Å². The molecule has 17 heavy (non-hydrogen) atoms. The maximum Gasteiger partial charge on any atom is 0.137 e. The quantitative estimate of drug-likeness (QED) is 0.819. The van der Waals surface area contributed by atoms with Crippen LogP contribution >= 0.6 is 11.6 Å². The summed E-state index contributed by atoms with van der Waals surface area (Å²) in [6.45, 7) is 1.63. The summed E-state index contributed by atoms with van der Waals surface area (Å²) in [6, 6.07) is 6.01. The number of halogens is 1. The van der Waals surface area contributed by atoms with Crippen LogP contribution in [0.5, 0.6) is 5.75 Å². The minimum Gasteiger partial charge on any atom is -0.495 e. The fourth-order valence-electron chi connectivity index (χ4n) is 1.87. The van der Waals surface area contributed by atoms with Crippen molar-refractivity contribution in [3.8, 4) is 5.75 Å². The number of ether oxygens (including phenoxy) is 1. The third-order valence-corrected chi connectivity index (χ3v) is 3.46. The van der Waals surface area contributed by atoms with Crippen LogP contribution in [0.3, 0.4) is 0 Å². The van der Waals surface area contributed by atoms with Gasteiger partial charge < -0.3 is 15.8 Å². The zero-order chi connectivity index (χ0) is 12.3. The Hall–Kier alpha value is -0.770. The zero-order valence-electron chi connectivity index (χ0n) is 10.1. The molecular weight excluding hydrogens is 236 g/mol. The predicted molar refractivity (Wildman–Crippen MR) is 70.5 cm³/mol. The Bertz CT molecular complexity index is 380. The van der Waals surface area contributed by atoms with Gasteiger partial charge in [-0.15, -0.1) is 0 Å². The van der Waals surface area contributed by atoms with E-state index in [1.807, 2.05) is 18.2 Å². The number of hydrogen-bond donors (Lipinski definition) is 2. The molecule has 4 heteroatoms. The largest absolute Gasteiger partial charge is 0.495 e. The van der Waals surface area contributed by atoms with Gasteiger partial charge in [-0.25, -0.2) is 0 Å². The first kappa shape index (κ1) is 12.7. The van der Waals surface area contributed by atoms with Crippen LogP contribution in [0.4, 0.5) is 0 Å². The zero-order valence-corrected chi connectivity index (χ0v) is 10.8. The Labute approximate surface area is 107 Å². The summed E-state index contributed by atoms with van der Waals surface area (Å²) in [5, 5.41) is 4.12. The molecule has 1 aliphatic rings.